The van der Waals surface area contributed by atoms with Gasteiger partial charge in [-0.05, 0) is 28.1 Å². The highest BCUT2D eigenvalue weighted by Gasteiger charge is 2.14. The van der Waals surface area contributed by atoms with Gasteiger partial charge in [0, 0.05) is 0 Å². The fraction of sp³-hybridized carbons (Fsp3) is 0. The molecule has 3 rings (SSSR count). The molecule has 3 aromatic heterocycles. The highest BCUT2D eigenvalue weighted by molar-refractivity contribution is 6.67. The molecule has 0 saturated heterocycles. The molecule has 7 nitrogen and oxygen atoms in total. The maximum Gasteiger partial charge on any atom is 0.271 e. The van der Waals surface area contributed by atoms with Crippen LogP contribution in [0.25, 0.3) is 16.7 Å². The van der Waals surface area contributed by atoms with Crippen LogP contribution in [-0.2, 0) is 0 Å². The van der Waals surface area contributed by atoms with Crippen molar-refractivity contribution in [3.05, 3.63) is 18.1 Å². The number of fused-ring (bicyclic) bond motifs is 3. The molecule has 8 heteroatoms. The fourth-order valence-corrected chi connectivity index (χ4v) is 1.56. The third-order valence-electron chi connectivity index (χ3n) is 2.06. The van der Waals surface area contributed by atoms with Crippen molar-refractivity contribution in [2.75, 3.05) is 0 Å². The van der Waals surface area contributed by atoms with E-state index in [4.69, 9.17) is 11.6 Å². The minimum Gasteiger partial charge on any atom is -0.344 e. The molecule has 0 aliphatic rings. The van der Waals surface area contributed by atoms with Gasteiger partial charge in [-0.15, -0.1) is 5.10 Å². The first-order valence-corrected chi connectivity index (χ1v) is 4.39. The molecule has 0 spiro atoms. The van der Waals surface area contributed by atoms with Crippen LogP contribution in [0.15, 0.2) is 12.4 Å². The number of aromatic nitrogens is 6. The maximum absolute atomic E-state index is 11.1. The summed E-state index contributed by atoms with van der Waals surface area (Å²) >= 11 is 5.42. The number of hydrogen-bond donors (Lipinski definition) is 1. The van der Waals surface area contributed by atoms with E-state index in [1.807, 2.05) is 0 Å². The highest BCUT2D eigenvalue weighted by Crippen LogP contribution is 2.17. The number of tetrazole rings is 1. The van der Waals surface area contributed by atoms with Crippen LogP contribution >= 0.6 is 11.6 Å². The molecule has 0 aliphatic heterocycles. The maximum atomic E-state index is 11.1. The molecule has 74 valence electrons. The van der Waals surface area contributed by atoms with Crippen LogP contribution in [0.5, 0.6) is 0 Å². The van der Waals surface area contributed by atoms with Crippen molar-refractivity contribution >= 4 is 33.5 Å². The molecule has 0 radical (unpaired) electrons. The summed E-state index contributed by atoms with van der Waals surface area (Å²) in [5.74, 6) is 0. The smallest absolute Gasteiger partial charge is 0.271 e. The summed E-state index contributed by atoms with van der Waals surface area (Å²) in [6.07, 6.45) is 1.50. The van der Waals surface area contributed by atoms with Crippen LogP contribution in [0.2, 0.25) is 0 Å². The van der Waals surface area contributed by atoms with Crippen LogP contribution in [0.3, 0.4) is 0 Å². The molecule has 0 atom stereocenters. The number of nitrogens with zero attached hydrogens (tertiary/aromatic N) is 5. The zero-order valence-corrected chi connectivity index (χ0v) is 7.93. The van der Waals surface area contributed by atoms with Crippen molar-refractivity contribution in [1.29, 1.82) is 0 Å². The van der Waals surface area contributed by atoms with Crippen LogP contribution in [-0.4, -0.2) is 35.3 Å². The Bertz CT molecular complexity index is 670. The van der Waals surface area contributed by atoms with Crippen LogP contribution < -0.4 is 0 Å². The second-order valence-corrected chi connectivity index (χ2v) is 3.23. The van der Waals surface area contributed by atoms with E-state index in [-0.39, 0.29) is 5.69 Å². The predicted octanol–water partition coefficient (Wildman–Crippen LogP) is 0.380. The summed E-state index contributed by atoms with van der Waals surface area (Å²) in [6, 6.07) is 1.56. The first-order chi connectivity index (χ1) is 7.27. The molecular formula is C7H3ClN6O. The SMILES string of the molecule is O=C(Cl)c1cc2[nH]cnc2c2nnnn12. The Kier molecular flexibility index (Phi) is 1.51. The van der Waals surface area contributed by atoms with E-state index in [2.05, 4.69) is 25.5 Å². The van der Waals surface area contributed by atoms with E-state index in [1.54, 1.807) is 6.07 Å². The van der Waals surface area contributed by atoms with Crippen LogP contribution in [0.4, 0.5) is 0 Å². The second kappa shape index (κ2) is 2.74. The minimum atomic E-state index is -0.621. The second-order valence-electron chi connectivity index (χ2n) is 2.88. The number of pyridine rings is 1. The number of hydrogen-bond acceptors (Lipinski definition) is 5. The summed E-state index contributed by atoms with van der Waals surface area (Å²) in [5, 5.41) is 10.3. The van der Waals surface area contributed by atoms with E-state index < -0.39 is 5.24 Å². The van der Waals surface area contributed by atoms with Gasteiger partial charge in [-0.1, -0.05) is 0 Å². The van der Waals surface area contributed by atoms with E-state index in [9.17, 15) is 4.79 Å². The Morgan fingerprint density at radius 3 is 3.20 bits per heavy atom. The summed E-state index contributed by atoms with van der Waals surface area (Å²) in [5.41, 5.74) is 1.87. The van der Waals surface area contributed by atoms with Gasteiger partial charge >= 0.3 is 0 Å². The number of rotatable bonds is 1. The average Bonchev–Trinajstić information content (AvgIpc) is 2.83. The number of imidazole rings is 1. The Morgan fingerprint density at radius 1 is 1.53 bits per heavy atom. The first kappa shape index (κ1) is 8.30. The zero-order valence-electron chi connectivity index (χ0n) is 7.18. The van der Waals surface area contributed by atoms with Gasteiger partial charge in [0.25, 0.3) is 5.24 Å². The standard InChI is InChI=1S/C7H3ClN6O/c8-6(15)4-1-3-5(10-2-9-3)7-11-12-13-14(4)7/h1-2H,(H,9,10). The van der Waals surface area contributed by atoms with E-state index in [0.29, 0.717) is 16.7 Å². The van der Waals surface area contributed by atoms with Gasteiger partial charge in [-0.3, -0.25) is 4.79 Å². The van der Waals surface area contributed by atoms with Gasteiger partial charge < -0.3 is 4.98 Å². The normalized spacial score (nSPS) is 11.3. The third kappa shape index (κ3) is 1.03. The molecule has 0 bridgehead atoms. The van der Waals surface area contributed by atoms with Crippen molar-refractivity contribution in [3.63, 3.8) is 0 Å². The van der Waals surface area contributed by atoms with Gasteiger partial charge in [0.05, 0.1) is 11.8 Å². The minimum absolute atomic E-state index is 0.202. The predicted molar refractivity (Wildman–Crippen MR) is 50.6 cm³/mol. The van der Waals surface area contributed by atoms with Crippen molar-refractivity contribution in [1.82, 2.24) is 30.0 Å². The monoisotopic (exact) mass is 222 g/mol. The highest BCUT2D eigenvalue weighted by atomic mass is 35.5. The molecule has 0 amide bonds. The fourth-order valence-electron chi connectivity index (χ4n) is 1.43. The molecular weight excluding hydrogens is 220 g/mol. The van der Waals surface area contributed by atoms with Crippen molar-refractivity contribution < 1.29 is 4.79 Å². The van der Waals surface area contributed by atoms with Crippen molar-refractivity contribution in [2.45, 2.75) is 0 Å². The van der Waals surface area contributed by atoms with Crippen molar-refractivity contribution in [3.8, 4) is 0 Å². The number of nitrogens with one attached hydrogen (secondary N) is 1. The average molecular weight is 223 g/mol. The lowest BCUT2D eigenvalue weighted by atomic mass is 10.3. The largest absolute Gasteiger partial charge is 0.344 e. The first-order valence-electron chi connectivity index (χ1n) is 4.01. The molecule has 15 heavy (non-hydrogen) atoms. The number of H-pyrrole nitrogens is 1. The summed E-state index contributed by atoms with van der Waals surface area (Å²) in [7, 11) is 0. The molecule has 0 unspecified atom stereocenters. The molecule has 0 aromatic carbocycles. The Morgan fingerprint density at radius 2 is 2.40 bits per heavy atom. The van der Waals surface area contributed by atoms with Gasteiger partial charge in [0.2, 0.25) is 5.65 Å². The van der Waals surface area contributed by atoms with Gasteiger partial charge in [-0.2, -0.15) is 4.52 Å². The topological polar surface area (TPSA) is 88.8 Å². The molecule has 0 saturated carbocycles. The Labute approximate surface area is 87.1 Å². The summed E-state index contributed by atoms with van der Waals surface area (Å²) < 4.78 is 1.26. The Hall–Kier alpha value is -2.02. The molecule has 3 heterocycles. The van der Waals surface area contributed by atoms with E-state index in [0.717, 1.165) is 0 Å². The lowest BCUT2D eigenvalue weighted by molar-refractivity contribution is 0.107. The molecule has 0 aliphatic carbocycles. The Balaban J connectivity index is 2.59. The lowest BCUT2D eigenvalue weighted by Gasteiger charge is -1.97. The number of carbonyl (C=O) groups excluding carboxylic acids is 1. The van der Waals surface area contributed by atoms with E-state index >= 15 is 0 Å². The van der Waals surface area contributed by atoms with Gasteiger partial charge in [0.15, 0.2) is 0 Å². The molecule has 3 aromatic rings. The lowest BCUT2D eigenvalue weighted by Crippen LogP contribution is -2.02. The van der Waals surface area contributed by atoms with Crippen LogP contribution in [0, 0.1) is 0 Å². The van der Waals surface area contributed by atoms with Gasteiger partial charge in [0.1, 0.15) is 11.2 Å². The van der Waals surface area contributed by atoms with Gasteiger partial charge in [-0.25, -0.2) is 4.98 Å². The van der Waals surface area contributed by atoms with Crippen LogP contribution in [0.1, 0.15) is 10.5 Å². The summed E-state index contributed by atoms with van der Waals surface area (Å²) in [4.78, 5) is 18.0. The third-order valence-corrected chi connectivity index (χ3v) is 2.25. The zero-order chi connectivity index (χ0) is 10.4. The quantitative estimate of drug-likeness (QED) is 0.601. The van der Waals surface area contributed by atoms with E-state index in [1.165, 1.54) is 10.8 Å². The number of carbonyl (C=O) groups is 1. The number of halogens is 1. The summed E-state index contributed by atoms with van der Waals surface area (Å²) in [6.45, 7) is 0. The number of aromatic amines is 1. The molecule has 0 fully saturated rings. The molecule has 1 N–H and O–H groups in total. The van der Waals surface area contributed by atoms with Crippen molar-refractivity contribution in [2.24, 2.45) is 0 Å².